The van der Waals surface area contributed by atoms with Crippen LogP contribution in [0, 0.1) is 0 Å². The number of nitrogens with zero attached hydrogens (tertiary/aromatic N) is 2. The van der Waals surface area contributed by atoms with Crippen LogP contribution in [0.1, 0.15) is 63.6 Å². The van der Waals surface area contributed by atoms with Crippen molar-refractivity contribution in [2.75, 3.05) is 19.6 Å². The summed E-state index contributed by atoms with van der Waals surface area (Å²) >= 11 is 0. The number of rotatable bonds is 6. The molecule has 1 aliphatic heterocycles. The summed E-state index contributed by atoms with van der Waals surface area (Å²) in [7, 11) is 0. The number of carbonyl (C=O) groups is 2. The Hall–Kier alpha value is -3.93. The van der Waals surface area contributed by atoms with Gasteiger partial charge in [-0.2, -0.15) is 26.3 Å². The molecule has 2 N–H and O–H groups in total. The summed E-state index contributed by atoms with van der Waals surface area (Å²) < 4.78 is 83.3. The fourth-order valence-corrected chi connectivity index (χ4v) is 4.70. The Morgan fingerprint density at radius 1 is 1.00 bits per heavy atom. The molecule has 41 heavy (non-hydrogen) atoms. The third kappa shape index (κ3) is 7.05. The molecule has 1 unspecified atom stereocenters. The molecule has 0 saturated carbocycles. The van der Waals surface area contributed by atoms with E-state index in [0.29, 0.717) is 18.6 Å². The van der Waals surface area contributed by atoms with Crippen molar-refractivity contribution in [3.63, 3.8) is 0 Å². The molecule has 0 bridgehead atoms. The number of hydrogen-bond donors (Lipinski definition) is 2. The average molecular weight is 580 g/mol. The molecule has 0 spiro atoms. The Labute approximate surface area is 232 Å². The molecule has 2 heterocycles. The van der Waals surface area contributed by atoms with Crippen molar-refractivity contribution in [3.8, 4) is 11.1 Å². The van der Waals surface area contributed by atoms with Crippen molar-refractivity contribution in [2.45, 2.75) is 44.1 Å². The minimum Gasteiger partial charge on any atom is -0.389 e. The normalized spacial score (nSPS) is 16.1. The summed E-state index contributed by atoms with van der Waals surface area (Å²) in [5, 5.41) is 12.4. The molecular weight excluding hydrogens is 552 g/mol. The number of pyridine rings is 1. The van der Waals surface area contributed by atoms with Gasteiger partial charge >= 0.3 is 12.4 Å². The van der Waals surface area contributed by atoms with Gasteiger partial charge in [-0.1, -0.05) is 18.2 Å². The first-order chi connectivity index (χ1) is 19.0. The van der Waals surface area contributed by atoms with E-state index in [0.717, 1.165) is 29.8 Å². The third-order valence-corrected chi connectivity index (χ3v) is 6.75. The minimum atomic E-state index is -5.06. The van der Waals surface area contributed by atoms with Gasteiger partial charge in [0, 0.05) is 43.5 Å². The van der Waals surface area contributed by atoms with Crippen molar-refractivity contribution in [1.29, 1.82) is 0 Å². The van der Waals surface area contributed by atoms with E-state index in [-0.39, 0.29) is 31.1 Å². The lowest BCUT2D eigenvalue weighted by molar-refractivity contribution is -0.138. The molecule has 4 rings (SSSR count). The second-order valence-corrected chi connectivity index (χ2v) is 10.5. The first kappa shape index (κ1) is 30.0. The zero-order valence-corrected chi connectivity index (χ0v) is 22.1. The van der Waals surface area contributed by atoms with Crippen LogP contribution < -0.4 is 5.32 Å². The van der Waals surface area contributed by atoms with E-state index in [1.54, 1.807) is 18.5 Å². The number of aliphatic hydroxyl groups is 1. The molecule has 218 valence electrons. The van der Waals surface area contributed by atoms with Gasteiger partial charge in [0.1, 0.15) is 0 Å². The number of halogens is 6. The maximum atomic E-state index is 14.3. The second kappa shape index (κ2) is 11.2. The minimum absolute atomic E-state index is 0.122. The van der Waals surface area contributed by atoms with E-state index in [1.165, 1.54) is 18.7 Å². The van der Waals surface area contributed by atoms with Crippen molar-refractivity contribution >= 4 is 11.8 Å². The highest BCUT2D eigenvalue weighted by Gasteiger charge is 2.40. The highest BCUT2D eigenvalue weighted by Crippen LogP contribution is 2.40. The molecule has 1 saturated heterocycles. The molecule has 1 fully saturated rings. The molecule has 2 amide bonds. The molecule has 1 aromatic heterocycles. The van der Waals surface area contributed by atoms with Gasteiger partial charge in [-0.15, -0.1) is 0 Å². The standard InChI is InChI=1S/C29H27F6N3O3/c1-27(2,41)16-37-25(39)22-12-23(26(40)38-10-8-19(15-38)18-6-4-9-36-14-18)24(29(33,34)35)13-21(22)17-5-3-7-20(11-17)28(30,31)32/h3-7,9,11-14,19,41H,8,10,15-16H2,1-2H3,(H,37,39). The van der Waals surface area contributed by atoms with Gasteiger partial charge in [-0.3, -0.25) is 14.6 Å². The van der Waals surface area contributed by atoms with E-state index in [2.05, 4.69) is 10.3 Å². The van der Waals surface area contributed by atoms with Crippen LogP contribution in [0.15, 0.2) is 60.9 Å². The Bertz CT molecular complexity index is 1430. The molecule has 2 aromatic carbocycles. The Morgan fingerprint density at radius 2 is 1.73 bits per heavy atom. The van der Waals surface area contributed by atoms with Gasteiger partial charge in [0.2, 0.25) is 0 Å². The molecule has 12 heteroatoms. The largest absolute Gasteiger partial charge is 0.417 e. The van der Waals surface area contributed by atoms with E-state index in [1.807, 2.05) is 6.07 Å². The summed E-state index contributed by atoms with van der Waals surface area (Å²) in [5.41, 5.74) is -5.04. The Kier molecular flexibility index (Phi) is 8.17. The van der Waals surface area contributed by atoms with Crippen LogP contribution in [-0.4, -0.2) is 52.0 Å². The maximum absolute atomic E-state index is 14.3. The Morgan fingerprint density at radius 3 is 2.34 bits per heavy atom. The summed E-state index contributed by atoms with van der Waals surface area (Å²) in [4.78, 5) is 32.0. The first-order valence-corrected chi connectivity index (χ1v) is 12.7. The highest BCUT2D eigenvalue weighted by atomic mass is 19.4. The molecule has 3 aromatic rings. The van der Waals surface area contributed by atoms with Crippen LogP contribution in [0.25, 0.3) is 11.1 Å². The van der Waals surface area contributed by atoms with Crippen LogP contribution in [0.4, 0.5) is 26.3 Å². The van der Waals surface area contributed by atoms with Gasteiger partial charge in [-0.05, 0) is 67.3 Å². The first-order valence-electron chi connectivity index (χ1n) is 12.7. The van der Waals surface area contributed by atoms with Crippen LogP contribution in [0.2, 0.25) is 0 Å². The van der Waals surface area contributed by atoms with Crippen LogP contribution >= 0.6 is 0 Å². The van der Waals surface area contributed by atoms with Crippen molar-refractivity contribution in [2.24, 2.45) is 0 Å². The smallest absolute Gasteiger partial charge is 0.389 e. The molecule has 1 aliphatic rings. The number of benzene rings is 2. The monoisotopic (exact) mass is 579 g/mol. The number of hydrogen-bond acceptors (Lipinski definition) is 4. The number of amides is 2. The molecular formula is C29H27F6N3O3. The number of nitrogens with one attached hydrogen (secondary N) is 1. The lowest BCUT2D eigenvalue weighted by Crippen LogP contribution is -2.38. The second-order valence-electron chi connectivity index (χ2n) is 10.5. The number of alkyl halides is 6. The van der Waals surface area contributed by atoms with Crippen molar-refractivity contribution < 1.29 is 41.0 Å². The topological polar surface area (TPSA) is 82.5 Å². The van der Waals surface area contributed by atoms with E-state index < -0.39 is 57.6 Å². The van der Waals surface area contributed by atoms with Gasteiger partial charge in [-0.25, -0.2) is 0 Å². The van der Waals surface area contributed by atoms with Crippen molar-refractivity contribution in [3.05, 3.63) is 88.7 Å². The fourth-order valence-electron chi connectivity index (χ4n) is 4.70. The molecule has 0 radical (unpaired) electrons. The van der Waals surface area contributed by atoms with Crippen LogP contribution in [0.5, 0.6) is 0 Å². The third-order valence-electron chi connectivity index (χ3n) is 6.75. The summed E-state index contributed by atoms with van der Waals surface area (Å²) in [5.74, 6) is -2.08. The van der Waals surface area contributed by atoms with E-state index >= 15 is 0 Å². The molecule has 1 atom stereocenters. The van der Waals surface area contributed by atoms with E-state index in [4.69, 9.17) is 0 Å². The predicted molar refractivity (Wildman–Crippen MR) is 138 cm³/mol. The van der Waals surface area contributed by atoms with Crippen LogP contribution in [-0.2, 0) is 12.4 Å². The van der Waals surface area contributed by atoms with Crippen molar-refractivity contribution in [1.82, 2.24) is 15.2 Å². The lowest BCUT2D eigenvalue weighted by atomic mass is 9.91. The number of carbonyl (C=O) groups excluding carboxylic acids is 2. The van der Waals surface area contributed by atoms with Gasteiger partial charge in [0.25, 0.3) is 11.8 Å². The highest BCUT2D eigenvalue weighted by molar-refractivity contribution is 6.05. The fraction of sp³-hybridized carbons (Fsp3) is 0.345. The zero-order chi connectivity index (χ0) is 30.2. The Balaban J connectivity index is 1.82. The quantitative estimate of drug-likeness (QED) is 0.356. The average Bonchev–Trinajstić information content (AvgIpc) is 3.40. The predicted octanol–water partition coefficient (Wildman–Crippen LogP) is 5.92. The van der Waals surface area contributed by atoms with Crippen LogP contribution in [0.3, 0.4) is 0 Å². The lowest BCUT2D eigenvalue weighted by Gasteiger charge is -2.23. The van der Waals surface area contributed by atoms with Gasteiger partial charge < -0.3 is 15.3 Å². The SMILES string of the molecule is CC(C)(O)CNC(=O)c1cc(C(=O)N2CCC(c3cccnc3)C2)c(C(F)(F)F)cc1-c1cccc(C(F)(F)F)c1. The maximum Gasteiger partial charge on any atom is 0.417 e. The van der Waals surface area contributed by atoms with E-state index in [9.17, 15) is 41.0 Å². The van der Waals surface area contributed by atoms with Gasteiger partial charge in [0.15, 0.2) is 0 Å². The molecule has 6 nitrogen and oxygen atoms in total. The van der Waals surface area contributed by atoms with Gasteiger partial charge in [0.05, 0.1) is 22.3 Å². The summed E-state index contributed by atoms with van der Waals surface area (Å²) in [6.07, 6.45) is -6.17. The summed E-state index contributed by atoms with van der Waals surface area (Å²) in [6, 6.07) is 8.40. The number of aromatic nitrogens is 1. The molecule has 0 aliphatic carbocycles. The zero-order valence-electron chi connectivity index (χ0n) is 22.1. The summed E-state index contributed by atoms with van der Waals surface area (Å²) in [6.45, 7) is 2.74. The number of likely N-dealkylation sites (tertiary alicyclic amines) is 1.